The van der Waals surface area contributed by atoms with Gasteiger partial charge in [0.1, 0.15) is 18.2 Å². The van der Waals surface area contributed by atoms with E-state index in [0.29, 0.717) is 30.0 Å². The molecule has 2 N–H and O–H groups in total. The number of rotatable bonds is 7. The normalized spacial score (nSPS) is 16.0. The van der Waals surface area contributed by atoms with E-state index in [4.69, 9.17) is 9.47 Å². The van der Waals surface area contributed by atoms with Crippen LogP contribution in [0.2, 0.25) is 0 Å². The number of hydrogen-bond donors (Lipinski definition) is 2. The van der Waals surface area contributed by atoms with Gasteiger partial charge in [-0.15, -0.1) is 0 Å². The molecule has 3 rings (SSSR count). The van der Waals surface area contributed by atoms with Crippen molar-refractivity contribution in [1.29, 1.82) is 0 Å². The molecule has 1 atom stereocenters. The molecule has 7 nitrogen and oxygen atoms in total. The smallest absolute Gasteiger partial charge is 0.329 e. The molecular formula is C21H22FN3O4. The van der Waals surface area contributed by atoms with Crippen molar-refractivity contribution in [1.82, 2.24) is 10.7 Å². The number of benzene rings is 2. The quantitative estimate of drug-likeness (QED) is 0.424. The average Bonchev–Trinajstić information content (AvgIpc) is 3.24. The summed E-state index contributed by atoms with van der Waals surface area (Å²) in [6.45, 7) is 1.21. The van der Waals surface area contributed by atoms with Gasteiger partial charge in [-0.1, -0.05) is 24.3 Å². The molecule has 2 aromatic carbocycles. The second kappa shape index (κ2) is 10.3. The fraction of sp³-hybridized carbons (Fsp3) is 0.286. The Kier molecular flexibility index (Phi) is 7.29. The van der Waals surface area contributed by atoms with Crippen LogP contribution in [0.25, 0.3) is 0 Å². The van der Waals surface area contributed by atoms with Gasteiger partial charge in [0.05, 0.1) is 12.3 Å². The van der Waals surface area contributed by atoms with Crippen molar-refractivity contribution in [2.45, 2.75) is 25.6 Å². The molecule has 152 valence electrons. The third kappa shape index (κ3) is 6.69. The number of nitrogens with one attached hydrogen (secondary N) is 2. The van der Waals surface area contributed by atoms with Crippen molar-refractivity contribution >= 4 is 18.0 Å². The Balaban J connectivity index is 1.45. The SMILES string of the molecule is O=C(NC[C@@H]1CCCO1)C(=O)N/N=C\c1cccc(OCc2cccc(F)c2)c1. The fourth-order valence-corrected chi connectivity index (χ4v) is 2.79. The highest BCUT2D eigenvalue weighted by Gasteiger charge is 2.18. The number of nitrogens with zero attached hydrogens (tertiary/aromatic N) is 1. The summed E-state index contributed by atoms with van der Waals surface area (Å²) < 4.78 is 24.2. The summed E-state index contributed by atoms with van der Waals surface area (Å²) in [7, 11) is 0. The topological polar surface area (TPSA) is 89.0 Å². The van der Waals surface area contributed by atoms with Gasteiger partial charge in [-0.25, -0.2) is 9.82 Å². The van der Waals surface area contributed by atoms with Crippen LogP contribution in [-0.2, 0) is 20.9 Å². The first-order valence-corrected chi connectivity index (χ1v) is 9.30. The minimum absolute atomic E-state index is 0.0367. The molecule has 1 aliphatic rings. The van der Waals surface area contributed by atoms with Gasteiger partial charge in [-0.2, -0.15) is 5.10 Å². The van der Waals surface area contributed by atoms with E-state index in [1.807, 2.05) is 0 Å². The van der Waals surface area contributed by atoms with Crippen LogP contribution < -0.4 is 15.5 Å². The number of hydrogen-bond acceptors (Lipinski definition) is 5. The van der Waals surface area contributed by atoms with Crippen molar-refractivity contribution in [2.24, 2.45) is 5.10 Å². The maximum atomic E-state index is 13.2. The van der Waals surface area contributed by atoms with Crippen LogP contribution in [0.5, 0.6) is 5.75 Å². The summed E-state index contributed by atoms with van der Waals surface area (Å²) in [5.74, 6) is -1.36. The van der Waals surface area contributed by atoms with E-state index in [9.17, 15) is 14.0 Å². The molecule has 0 saturated carbocycles. The highest BCUT2D eigenvalue weighted by molar-refractivity contribution is 6.35. The summed E-state index contributed by atoms with van der Waals surface area (Å²) >= 11 is 0. The molecule has 1 heterocycles. The molecule has 2 amide bonds. The third-order valence-corrected chi connectivity index (χ3v) is 4.25. The second-order valence-corrected chi connectivity index (χ2v) is 6.54. The largest absolute Gasteiger partial charge is 0.489 e. The lowest BCUT2D eigenvalue weighted by Crippen LogP contribution is -2.41. The maximum Gasteiger partial charge on any atom is 0.329 e. The summed E-state index contributed by atoms with van der Waals surface area (Å²) in [5.41, 5.74) is 3.57. The van der Waals surface area contributed by atoms with Crippen LogP contribution in [0.3, 0.4) is 0 Å². The van der Waals surface area contributed by atoms with Gasteiger partial charge in [0, 0.05) is 13.2 Å². The first-order valence-electron chi connectivity index (χ1n) is 9.30. The Morgan fingerprint density at radius 3 is 2.86 bits per heavy atom. The summed E-state index contributed by atoms with van der Waals surface area (Å²) in [6.07, 6.45) is 3.20. The van der Waals surface area contributed by atoms with Crippen LogP contribution in [0.1, 0.15) is 24.0 Å². The predicted molar refractivity (Wildman–Crippen MR) is 105 cm³/mol. The number of carbonyl (C=O) groups is 2. The van der Waals surface area contributed by atoms with Crippen molar-refractivity contribution < 1.29 is 23.5 Å². The van der Waals surface area contributed by atoms with Crippen molar-refractivity contribution in [3.05, 3.63) is 65.5 Å². The van der Waals surface area contributed by atoms with E-state index >= 15 is 0 Å². The molecule has 1 fully saturated rings. The summed E-state index contributed by atoms with van der Waals surface area (Å²) in [6, 6.07) is 13.2. The molecule has 1 aliphatic heterocycles. The van der Waals surface area contributed by atoms with E-state index in [-0.39, 0.29) is 18.5 Å². The minimum atomic E-state index is -0.849. The van der Waals surface area contributed by atoms with Gasteiger partial charge >= 0.3 is 11.8 Å². The molecule has 8 heteroatoms. The second-order valence-electron chi connectivity index (χ2n) is 6.54. The average molecular weight is 399 g/mol. The van der Waals surface area contributed by atoms with Crippen molar-refractivity contribution in [2.75, 3.05) is 13.2 Å². The first-order chi connectivity index (χ1) is 14.1. The molecule has 2 aromatic rings. The lowest BCUT2D eigenvalue weighted by molar-refractivity contribution is -0.139. The number of halogens is 1. The molecular weight excluding hydrogens is 377 g/mol. The highest BCUT2D eigenvalue weighted by Crippen LogP contribution is 2.15. The highest BCUT2D eigenvalue weighted by atomic mass is 19.1. The lowest BCUT2D eigenvalue weighted by Gasteiger charge is -2.09. The van der Waals surface area contributed by atoms with Gasteiger partial charge in [0.2, 0.25) is 0 Å². The number of amides is 2. The zero-order chi connectivity index (χ0) is 20.5. The first kappa shape index (κ1) is 20.5. The van der Waals surface area contributed by atoms with Crippen molar-refractivity contribution in [3.63, 3.8) is 0 Å². The van der Waals surface area contributed by atoms with Crippen LogP contribution in [0.4, 0.5) is 4.39 Å². The van der Waals surface area contributed by atoms with E-state index in [1.165, 1.54) is 18.3 Å². The number of hydrazone groups is 1. The lowest BCUT2D eigenvalue weighted by atomic mass is 10.2. The summed E-state index contributed by atoms with van der Waals surface area (Å²) in [5, 5.41) is 6.31. The van der Waals surface area contributed by atoms with Gasteiger partial charge in [0.25, 0.3) is 0 Å². The Hall–Kier alpha value is -3.26. The van der Waals surface area contributed by atoms with Gasteiger partial charge in [-0.3, -0.25) is 9.59 Å². The Morgan fingerprint density at radius 2 is 2.07 bits per heavy atom. The van der Waals surface area contributed by atoms with Crippen LogP contribution >= 0.6 is 0 Å². The van der Waals surface area contributed by atoms with E-state index in [0.717, 1.165) is 12.8 Å². The maximum absolute atomic E-state index is 13.2. The third-order valence-electron chi connectivity index (χ3n) is 4.25. The van der Waals surface area contributed by atoms with Crippen LogP contribution in [0, 0.1) is 5.82 Å². The summed E-state index contributed by atoms with van der Waals surface area (Å²) in [4.78, 5) is 23.5. The van der Waals surface area contributed by atoms with Gasteiger partial charge in [0.15, 0.2) is 0 Å². The Morgan fingerprint density at radius 1 is 1.21 bits per heavy atom. The molecule has 29 heavy (non-hydrogen) atoms. The number of ether oxygens (including phenoxy) is 2. The fourth-order valence-electron chi connectivity index (χ4n) is 2.79. The van der Waals surface area contributed by atoms with E-state index in [2.05, 4.69) is 15.8 Å². The molecule has 0 aliphatic carbocycles. The Bertz CT molecular complexity index is 882. The number of carbonyl (C=O) groups excluding carboxylic acids is 2. The molecule has 0 aromatic heterocycles. The molecule has 1 saturated heterocycles. The van der Waals surface area contributed by atoms with Gasteiger partial charge < -0.3 is 14.8 Å². The van der Waals surface area contributed by atoms with Gasteiger partial charge in [-0.05, 0) is 48.2 Å². The zero-order valence-electron chi connectivity index (χ0n) is 15.8. The van der Waals surface area contributed by atoms with E-state index in [1.54, 1.807) is 36.4 Å². The van der Waals surface area contributed by atoms with Crippen LogP contribution in [-0.4, -0.2) is 37.3 Å². The minimum Gasteiger partial charge on any atom is -0.489 e. The molecule has 0 radical (unpaired) electrons. The predicted octanol–water partition coefficient (Wildman–Crippen LogP) is 2.15. The van der Waals surface area contributed by atoms with Crippen LogP contribution in [0.15, 0.2) is 53.6 Å². The van der Waals surface area contributed by atoms with E-state index < -0.39 is 11.8 Å². The zero-order valence-corrected chi connectivity index (χ0v) is 15.8. The molecule has 0 unspecified atom stereocenters. The molecule has 0 bridgehead atoms. The standard InChI is InChI=1S/C21H22FN3O4/c22-17-6-1-5-16(10-17)14-29-18-7-2-4-15(11-18)12-24-25-21(27)20(26)23-13-19-8-3-9-28-19/h1-2,4-7,10-12,19H,3,8-9,13-14H2,(H,23,26)(H,25,27)/b24-12-/t19-/m0/s1. The molecule has 0 spiro atoms. The monoisotopic (exact) mass is 399 g/mol. The Labute approximate surface area is 167 Å². The van der Waals surface area contributed by atoms with Crippen molar-refractivity contribution in [3.8, 4) is 5.75 Å².